The molecule has 1 fully saturated rings. The zero-order valence-corrected chi connectivity index (χ0v) is 10.2. The van der Waals surface area contributed by atoms with Gasteiger partial charge in [-0.1, -0.05) is 0 Å². The fourth-order valence-electron chi connectivity index (χ4n) is 2.36. The van der Waals surface area contributed by atoms with Gasteiger partial charge in [-0.05, 0) is 48.7 Å². The third-order valence-electron chi connectivity index (χ3n) is 3.47. The van der Waals surface area contributed by atoms with Crippen molar-refractivity contribution in [1.82, 2.24) is 4.90 Å². The van der Waals surface area contributed by atoms with E-state index < -0.39 is 5.97 Å². The second-order valence-corrected chi connectivity index (χ2v) is 5.17. The lowest BCUT2D eigenvalue weighted by molar-refractivity contribution is -0.142. The van der Waals surface area contributed by atoms with Crippen LogP contribution in [0.5, 0.6) is 0 Å². The minimum Gasteiger partial charge on any atom is -0.481 e. The molecule has 0 aliphatic carbocycles. The van der Waals surface area contributed by atoms with E-state index in [1.165, 1.54) is 5.56 Å². The number of carboxylic acid groups (broad SMARTS) is 1. The maximum Gasteiger partial charge on any atom is 0.308 e. The molecule has 1 aliphatic heterocycles. The van der Waals surface area contributed by atoms with Crippen LogP contribution in [0.15, 0.2) is 16.8 Å². The van der Waals surface area contributed by atoms with Crippen molar-refractivity contribution in [1.29, 1.82) is 0 Å². The van der Waals surface area contributed by atoms with Crippen LogP contribution >= 0.6 is 11.3 Å². The highest BCUT2D eigenvalue weighted by atomic mass is 32.1. The van der Waals surface area contributed by atoms with Crippen LogP contribution < -0.4 is 0 Å². The smallest absolute Gasteiger partial charge is 0.308 e. The van der Waals surface area contributed by atoms with Crippen LogP contribution in [0.4, 0.5) is 0 Å². The summed E-state index contributed by atoms with van der Waals surface area (Å²) in [6.07, 6.45) is 1.82. The second-order valence-electron chi connectivity index (χ2n) is 4.39. The van der Waals surface area contributed by atoms with Gasteiger partial charge >= 0.3 is 5.97 Å². The summed E-state index contributed by atoms with van der Waals surface area (Å²) in [6.45, 7) is 3.92. The maximum atomic E-state index is 11.0. The van der Waals surface area contributed by atoms with E-state index in [0.29, 0.717) is 0 Å². The monoisotopic (exact) mass is 239 g/mol. The van der Waals surface area contributed by atoms with Gasteiger partial charge in [-0.15, -0.1) is 0 Å². The van der Waals surface area contributed by atoms with Crippen molar-refractivity contribution in [2.75, 3.05) is 13.1 Å². The third-order valence-corrected chi connectivity index (χ3v) is 4.20. The number of rotatable bonds is 4. The van der Waals surface area contributed by atoms with Gasteiger partial charge in [0.1, 0.15) is 0 Å². The lowest BCUT2D eigenvalue weighted by Gasteiger charge is -2.22. The molecule has 4 heteroatoms. The molecule has 2 atom stereocenters. The topological polar surface area (TPSA) is 40.5 Å². The number of carbonyl (C=O) groups is 1. The largest absolute Gasteiger partial charge is 0.481 e. The Hall–Kier alpha value is -0.870. The van der Waals surface area contributed by atoms with Crippen LogP contribution in [-0.2, 0) is 11.2 Å². The molecule has 0 bridgehead atoms. The van der Waals surface area contributed by atoms with E-state index in [4.69, 9.17) is 5.11 Å². The van der Waals surface area contributed by atoms with Crippen LogP contribution in [0.25, 0.3) is 0 Å². The average molecular weight is 239 g/mol. The molecule has 1 aromatic heterocycles. The Morgan fingerprint density at radius 1 is 1.69 bits per heavy atom. The van der Waals surface area contributed by atoms with Crippen molar-refractivity contribution in [3.05, 3.63) is 22.4 Å². The van der Waals surface area contributed by atoms with E-state index in [-0.39, 0.29) is 12.0 Å². The van der Waals surface area contributed by atoms with E-state index in [9.17, 15) is 4.79 Å². The Labute approximate surface area is 99.7 Å². The van der Waals surface area contributed by atoms with Gasteiger partial charge < -0.3 is 5.11 Å². The van der Waals surface area contributed by atoms with Gasteiger partial charge in [0, 0.05) is 12.6 Å². The molecule has 1 saturated heterocycles. The molecule has 2 unspecified atom stereocenters. The summed E-state index contributed by atoms with van der Waals surface area (Å²) in [5.41, 5.74) is 1.36. The molecule has 0 saturated carbocycles. The van der Waals surface area contributed by atoms with Crippen molar-refractivity contribution < 1.29 is 9.90 Å². The zero-order chi connectivity index (χ0) is 11.5. The number of thiophene rings is 1. The molecule has 1 N–H and O–H groups in total. The molecule has 2 rings (SSSR count). The summed E-state index contributed by atoms with van der Waals surface area (Å²) >= 11 is 1.72. The molecular weight excluding hydrogens is 222 g/mol. The van der Waals surface area contributed by atoms with Gasteiger partial charge in [0.25, 0.3) is 0 Å². The lowest BCUT2D eigenvalue weighted by atomic mass is 10.0. The summed E-state index contributed by atoms with van der Waals surface area (Å²) in [5.74, 6) is -0.826. The highest BCUT2D eigenvalue weighted by Crippen LogP contribution is 2.24. The van der Waals surface area contributed by atoms with Gasteiger partial charge in [0.15, 0.2) is 0 Å². The van der Waals surface area contributed by atoms with Crippen molar-refractivity contribution in [3.8, 4) is 0 Å². The normalized spacial score (nSPS) is 26.1. The molecule has 1 aromatic rings. The number of hydrogen-bond acceptors (Lipinski definition) is 3. The molecule has 0 aromatic carbocycles. The Kier molecular flexibility index (Phi) is 3.61. The Morgan fingerprint density at radius 2 is 2.50 bits per heavy atom. The molecule has 88 valence electrons. The number of hydrogen-bond donors (Lipinski definition) is 1. The Bertz CT molecular complexity index is 350. The van der Waals surface area contributed by atoms with Gasteiger partial charge in [-0.25, -0.2) is 0 Å². The van der Waals surface area contributed by atoms with Crippen LogP contribution in [0.3, 0.4) is 0 Å². The summed E-state index contributed by atoms with van der Waals surface area (Å²) in [4.78, 5) is 13.3. The van der Waals surface area contributed by atoms with Crippen LogP contribution in [0.2, 0.25) is 0 Å². The molecule has 2 heterocycles. The first-order valence-corrected chi connectivity index (χ1v) is 6.60. The lowest BCUT2D eigenvalue weighted by Crippen LogP contribution is -2.34. The standard InChI is InChI=1S/C12H17NO2S/c1-9-11(12(14)15)3-6-13(9)5-2-10-4-7-16-8-10/h4,7-9,11H,2-3,5-6H2,1H3,(H,14,15). The molecule has 16 heavy (non-hydrogen) atoms. The predicted octanol–water partition coefficient (Wildman–Crippen LogP) is 2.09. The summed E-state index contributed by atoms with van der Waals surface area (Å²) in [7, 11) is 0. The van der Waals surface area contributed by atoms with Gasteiger partial charge in [0.05, 0.1) is 5.92 Å². The first-order chi connectivity index (χ1) is 7.68. The molecule has 0 amide bonds. The molecular formula is C12H17NO2S. The summed E-state index contributed by atoms with van der Waals surface area (Å²) in [5, 5.41) is 13.3. The first kappa shape index (κ1) is 11.6. The maximum absolute atomic E-state index is 11.0. The van der Waals surface area contributed by atoms with Gasteiger partial charge in [0.2, 0.25) is 0 Å². The highest BCUT2D eigenvalue weighted by molar-refractivity contribution is 7.07. The van der Waals surface area contributed by atoms with Crippen LogP contribution in [-0.4, -0.2) is 35.1 Å². The van der Waals surface area contributed by atoms with Crippen molar-refractivity contribution >= 4 is 17.3 Å². The summed E-state index contributed by atoms with van der Waals surface area (Å²) < 4.78 is 0. The Balaban J connectivity index is 1.85. The quantitative estimate of drug-likeness (QED) is 0.874. The zero-order valence-electron chi connectivity index (χ0n) is 9.43. The van der Waals surface area contributed by atoms with Crippen LogP contribution in [0.1, 0.15) is 18.9 Å². The fraction of sp³-hybridized carbons (Fsp3) is 0.583. The van der Waals surface area contributed by atoms with Crippen molar-refractivity contribution in [2.45, 2.75) is 25.8 Å². The van der Waals surface area contributed by atoms with E-state index >= 15 is 0 Å². The minimum atomic E-state index is -0.648. The van der Waals surface area contributed by atoms with E-state index in [1.54, 1.807) is 11.3 Å². The second kappa shape index (κ2) is 4.97. The third kappa shape index (κ3) is 2.44. The summed E-state index contributed by atoms with van der Waals surface area (Å²) in [6, 6.07) is 2.32. The molecule has 3 nitrogen and oxygen atoms in total. The molecule has 0 spiro atoms. The average Bonchev–Trinajstić information content (AvgIpc) is 2.84. The first-order valence-electron chi connectivity index (χ1n) is 5.66. The molecule has 1 aliphatic rings. The predicted molar refractivity (Wildman–Crippen MR) is 64.8 cm³/mol. The van der Waals surface area contributed by atoms with E-state index in [1.807, 2.05) is 6.92 Å². The fourth-order valence-corrected chi connectivity index (χ4v) is 3.06. The van der Waals surface area contributed by atoms with E-state index in [2.05, 4.69) is 21.7 Å². The van der Waals surface area contributed by atoms with Crippen LogP contribution in [0, 0.1) is 5.92 Å². The number of aliphatic carboxylic acids is 1. The van der Waals surface area contributed by atoms with Gasteiger partial charge in [-0.3, -0.25) is 9.69 Å². The van der Waals surface area contributed by atoms with Crippen molar-refractivity contribution in [2.24, 2.45) is 5.92 Å². The van der Waals surface area contributed by atoms with Gasteiger partial charge in [-0.2, -0.15) is 11.3 Å². The van der Waals surface area contributed by atoms with Crippen molar-refractivity contribution in [3.63, 3.8) is 0 Å². The highest BCUT2D eigenvalue weighted by Gasteiger charge is 2.34. The minimum absolute atomic E-state index is 0.177. The SMILES string of the molecule is CC1C(C(=O)O)CCN1CCc1ccsc1. The number of likely N-dealkylation sites (tertiary alicyclic amines) is 1. The number of nitrogens with zero attached hydrogens (tertiary/aromatic N) is 1. The van der Waals surface area contributed by atoms with E-state index in [0.717, 1.165) is 25.9 Å². The molecule has 0 radical (unpaired) electrons. The number of carboxylic acids is 1. The Morgan fingerprint density at radius 3 is 3.06 bits per heavy atom.